The molecule has 2 rings (SSSR count). The number of carbonyl (C=O) groups excluding carboxylic acids is 3. The van der Waals surface area contributed by atoms with Crippen molar-refractivity contribution in [3.05, 3.63) is 71.8 Å². The predicted molar refractivity (Wildman–Crippen MR) is 105 cm³/mol. The summed E-state index contributed by atoms with van der Waals surface area (Å²) < 4.78 is 0. The topological polar surface area (TPSA) is 109 Å². The van der Waals surface area contributed by atoms with E-state index in [0.717, 1.165) is 11.1 Å². The van der Waals surface area contributed by atoms with E-state index in [-0.39, 0.29) is 36.2 Å². The average molecular weight is 364 g/mol. The predicted octanol–water partition coefficient (Wildman–Crippen LogP) is 2.54. The third-order valence-corrected chi connectivity index (χ3v) is 3.54. The van der Waals surface area contributed by atoms with Crippen molar-refractivity contribution in [2.45, 2.75) is 6.42 Å². The van der Waals surface area contributed by atoms with Gasteiger partial charge in [-0.25, -0.2) is 0 Å². The number of anilines is 1. The van der Waals surface area contributed by atoms with Crippen molar-refractivity contribution >= 4 is 35.3 Å². The zero-order chi connectivity index (χ0) is 19.6. The fourth-order valence-electron chi connectivity index (χ4n) is 2.14. The van der Waals surface area contributed by atoms with Crippen molar-refractivity contribution in [2.24, 2.45) is 5.73 Å². The van der Waals surface area contributed by atoms with Crippen molar-refractivity contribution in [3.8, 4) is 5.75 Å². The number of hydrogen-bond donors (Lipinski definition) is 3. The number of phenolic OH excluding ortho intramolecular Hbond substituents is 1. The fourth-order valence-corrected chi connectivity index (χ4v) is 2.14. The number of phenols is 1. The van der Waals surface area contributed by atoms with Crippen LogP contribution in [0.25, 0.3) is 12.2 Å². The van der Waals surface area contributed by atoms with Crippen LogP contribution in [0.4, 0.5) is 5.69 Å². The summed E-state index contributed by atoms with van der Waals surface area (Å²) in [5.74, 6) is -0.755. The molecule has 0 aliphatic carbocycles. The molecule has 6 nitrogen and oxygen atoms in total. The quantitative estimate of drug-likeness (QED) is 0.493. The van der Waals surface area contributed by atoms with Gasteiger partial charge in [-0.15, -0.1) is 0 Å². The van der Waals surface area contributed by atoms with E-state index in [1.807, 2.05) is 0 Å². The second-order valence-electron chi connectivity index (χ2n) is 5.74. The van der Waals surface area contributed by atoms with Gasteiger partial charge in [0.25, 0.3) is 0 Å². The van der Waals surface area contributed by atoms with Gasteiger partial charge in [0.15, 0.2) is 11.6 Å². The maximum atomic E-state index is 11.9. The molecule has 0 heterocycles. The third kappa shape index (κ3) is 7.09. The van der Waals surface area contributed by atoms with Crippen LogP contribution >= 0.6 is 0 Å². The van der Waals surface area contributed by atoms with Crippen LogP contribution in [0.2, 0.25) is 0 Å². The van der Waals surface area contributed by atoms with E-state index in [4.69, 9.17) is 5.73 Å². The first-order chi connectivity index (χ1) is 13.0. The number of ketones is 2. The van der Waals surface area contributed by atoms with Gasteiger partial charge < -0.3 is 16.2 Å². The van der Waals surface area contributed by atoms with E-state index in [9.17, 15) is 19.5 Å². The van der Waals surface area contributed by atoms with Gasteiger partial charge in [-0.2, -0.15) is 0 Å². The molecule has 6 heteroatoms. The van der Waals surface area contributed by atoms with Crippen LogP contribution in [0, 0.1) is 0 Å². The lowest BCUT2D eigenvalue weighted by atomic mass is 10.1. The number of aromatic hydroxyl groups is 1. The van der Waals surface area contributed by atoms with Crippen molar-refractivity contribution in [1.82, 2.24) is 0 Å². The molecule has 0 fully saturated rings. The van der Waals surface area contributed by atoms with Crippen molar-refractivity contribution in [2.75, 3.05) is 11.9 Å². The molecule has 0 atom stereocenters. The van der Waals surface area contributed by atoms with E-state index >= 15 is 0 Å². The van der Waals surface area contributed by atoms with Gasteiger partial charge in [-0.1, -0.05) is 36.4 Å². The van der Waals surface area contributed by atoms with Crippen LogP contribution < -0.4 is 11.1 Å². The lowest BCUT2D eigenvalue weighted by Crippen LogP contribution is -2.21. The van der Waals surface area contributed by atoms with Gasteiger partial charge >= 0.3 is 0 Å². The van der Waals surface area contributed by atoms with Crippen LogP contribution in [-0.4, -0.2) is 29.1 Å². The Bertz CT molecular complexity index is 866. The Morgan fingerprint density at radius 1 is 0.852 bits per heavy atom. The van der Waals surface area contributed by atoms with Crippen LogP contribution in [-0.2, 0) is 14.4 Å². The molecule has 138 valence electrons. The zero-order valence-electron chi connectivity index (χ0n) is 14.6. The molecule has 2 aromatic rings. The summed E-state index contributed by atoms with van der Waals surface area (Å²) in [4.78, 5) is 34.9. The van der Waals surface area contributed by atoms with Crippen LogP contribution in [0.3, 0.4) is 0 Å². The number of nitrogens with one attached hydrogen (secondary N) is 1. The molecule has 0 aromatic heterocycles. The molecule has 4 N–H and O–H groups in total. The first-order valence-corrected chi connectivity index (χ1v) is 8.27. The van der Waals surface area contributed by atoms with E-state index in [1.165, 1.54) is 24.3 Å². The van der Waals surface area contributed by atoms with Crippen LogP contribution in [0.5, 0.6) is 5.75 Å². The van der Waals surface area contributed by atoms with Crippen molar-refractivity contribution in [3.63, 3.8) is 0 Å². The van der Waals surface area contributed by atoms with E-state index < -0.39 is 0 Å². The number of rotatable bonds is 8. The van der Waals surface area contributed by atoms with Crippen LogP contribution in [0.1, 0.15) is 17.5 Å². The Kier molecular flexibility index (Phi) is 7.22. The van der Waals surface area contributed by atoms with E-state index in [1.54, 1.807) is 48.6 Å². The summed E-state index contributed by atoms with van der Waals surface area (Å²) >= 11 is 0. The number of amides is 1. The summed E-state index contributed by atoms with van der Waals surface area (Å²) in [6, 6.07) is 13.2. The highest BCUT2D eigenvalue weighted by molar-refractivity contribution is 6.10. The average Bonchev–Trinajstić information content (AvgIpc) is 2.67. The van der Waals surface area contributed by atoms with Gasteiger partial charge in [-0.3, -0.25) is 14.4 Å². The molecule has 27 heavy (non-hydrogen) atoms. The number of nitrogens with two attached hydrogens (primary N) is 1. The zero-order valence-corrected chi connectivity index (χ0v) is 14.6. The summed E-state index contributed by atoms with van der Waals surface area (Å²) in [6.07, 6.45) is 5.66. The number of hydrogen-bond acceptors (Lipinski definition) is 5. The van der Waals surface area contributed by atoms with Gasteiger partial charge in [0.1, 0.15) is 5.75 Å². The standard InChI is InChI=1S/C21H20N2O4/c22-14-21(27)23-17-7-1-15(2-8-17)5-11-19(25)13-20(26)12-6-16-3-9-18(24)10-4-16/h1-12,24H,13-14,22H2,(H,23,27). The molecule has 0 saturated heterocycles. The molecule has 1 amide bonds. The maximum Gasteiger partial charge on any atom is 0.238 e. The second kappa shape index (κ2) is 9.84. The lowest BCUT2D eigenvalue weighted by Gasteiger charge is -2.03. The minimum atomic E-state index is -0.309. The normalized spacial score (nSPS) is 11.0. The molecular formula is C21H20N2O4. The van der Waals surface area contributed by atoms with E-state index in [0.29, 0.717) is 5.69 Å². The van der Waals surface area contributed by atoms with Crippen molar-refractivity contribution in [1.29, 1.82) is 0 Å². The highest BCUT2D eigenvalue weighted by Gasteiger charge is 2.04. The number of allylic oxidation sites excluding steroid dienone is 2. The van der Waals surface area contributed by atoms with Gasteiger partial charge in [0, 0.05) is 5.69 Å². The Morgan fingerprint density at radius 2 is 1.33 bits per heavy atom. The molecule has 2 aromatic carbocycles. The maximum absolute atomic E-state index is 11.9. The molecule has 0 aliphatic heterocycles. The SMILES string of the molecule is NCC(=O)Nc1ccc(C=CC(=O)CC(=O)C=Cc2ccc(O)cc2)cc1. The van der Waals surface area contributed by atoms with Gasteiger partial charge in [0.2, 0.25) is 5.91 Å². The molecular weight excluding hydrogens is 344 g/mol. The highest BCUT2D eigenvalue weighted by atomic mass is 16.3. The Hall–Kier alpha value is -3.51. The summed E-state index contributed by atoms with van der Waals surface area (Å²) in [5.41, 5.74) is 7.36. The summed E-state index contributed by atoms with van der Waals surface area (Å²) in [5, 5.41) is 11.8. The minimum absolute atomic E-state index is 0.0919. The first-order valence-electron chi connectivity index (χ1n) is 8.27. The molecule has 0 radical (unpaired) electrons. The molecule has 0 spiro atoms. The van der Waals surface area contributed by atoms with Crippen LogP contribution in [0.15, 0.2) is 60.7 Å². The second-order valence-corrected chi connectivity index (χ2v) is 5.74. The third-order valence-electron chi connectivity index (χ3n) is 3.54. The highest BCUT2D eigenvalue weighted by Crippen LogP contribution is 2.12. The Morgan fingerprint density at radius 3 is 1.81 bits per heavy atom. The molecule has 0 aliphatic rings. The molecule has 0 unspecified atom stereocenters. The van der Waals surface area contributed by atoms with Gasteiger partial charge in [0.05, 0.1) is 13.0 Å². The number of benzene rings is 2. The van der Waals surface area contributed by atoms with E-state index in [2.05, 4.69) is 5.32 Å². The smallest absolute Gasteiger partial charge is 0.238 e. The Labute approximate surface area is 157 Å². The molecule has 0 bridgehead atoms. The first kappa shape index (κ1) is 19.8. The minimum Gasteiger partial charge on any atom is -0.508 e. The largest absolute Gasteiger partial charge is 0.508 e. The fraction of sp³-hybridized carbons (Fsp3) is 0.0952. The Balaban J connectivity index is 1.86. The number of carbonyl (C=O) groups is 3. The lowest BCUT2D eigenvalue weighted by molar-refractivity contribution is -0.122. The summed E-state index contributed by atoms with van der Waals surface area (Å²) in [6.45, 7) is -0.0919. The monoisotopic (exact) mass is 364 g/mol. The van der Waals surface area contributed by atoms with Gasteiger partial charge in [-0.05, 0) is 47.5 Å². The summed E-state index contributed by atoms with van der Waals surface area (Å²) in [7, 11) is 0. The molecule has 0 saturated carbocycles. The van der Waals surface area contributed by atoms with Crippen molar-refractivity contribution < 1.29 is 19.5 Å².